The molecule has 0 radical (unpaired) electrons. The second kappa shape index (κ2) is 6.52. The zero-order valence-electron chi connectivity index (χ0n) is 10.3. The van der Waals surface area contributed by atoms with Gasteiger partial charge in [-0.2, -0.15) is 0 Å². The highest BCUT2D eigenvalue weighted by atomic mass is 79.9. The highest BCUT2D eigenvalue weighted by Crippen LogP contribution is 2.41. The minimum absolute atomic E-state index is 0.344. The minimum atomic E-state index is -0.555. The van der Waals surface area contributed by atoms with Gasteiger partial charge in [0.25, 0.3) is 0 Å². The van der Waals surface area contributed by atoms with Crippen LogP contribution in [0.2, 0.25) is 10.0 Å². The molecular weight excluding hydrogens is 389 g/mol. The van der Waals surface area contributed by atoms with Crippen LogP contribution in [-0.4, -0.2) is 7.11 Å². The van der Waals surface area contributed by atoms with Gasteiger partial charge in [-0.25, -0.2) is 4.39 Å². The van der Waals surface area contributed by atoms with E-state index in [1.54, 1.807) is 18.2 Å². The van der Waals surface area contributed by atoms with Crippen LogP contribution in [-0.2, 0) is 0 Å². The molecule has 0 heterocycles. The first kappa shape index (κ1) is 15.9. The van der Waals surface area contributed by atoms with Gasteiger partial charge in [0.05, 0.1) is 17.5 Å². The van der Waals surface area contributed by atoms with Crippen LogP contribution in [0.25, 0.3) is 0 Å². The predicted octanol–water partition coefficient (Wildman–Crippen LogP) is 6.23. The van der Waals surface area contributed by atoms with Crippen molar-refractivity contribution >= 4 is 50.7 Å². The third-order valence-electron chi connectivity index (χ3n) is 2.78. The number of alkyl halides is 1. The zero-order chi connectivity index (χ0) is 14.9. The maximum Gasteiger partial charge on any atom is 0.138 e. The molecule has 6 heteroatoms. The van der Waals surface area contributed by atoms with Crippen molar-refractivity contribution in [1.29, 1.82) is 0 Å². The molecule has 0 fully saturated rings. The standard InChI is InChI=1S/C14H9BrCl3FO/c1-20-13-6-11(16)9(5-12(13)17)14(18)8-3-2-7(19)4-10(8)15/h2-6,14H,1H3. The topological polar surface area (TPSA) is 9.23 Å². The van der Waals surface area contributed by atoms with Crippen molar-refractivity contribution in [2.24, 2.45) is 0 Å². The van der Waals surface area contributed by atoms with Gasteiger partial charge >= 0.3 is 0 Å². The van der Waals surface area contributed by atoms with Crippen LogP contribution < -0.4 is 4.74 Å². The molecule has 0 aromatic heterocycles. The van der Waals surface area contributed by atoms with Gasteiger partial charge in [0.2, 0.25) is 0 Å². The van der Waals surface area contributed by atoms with E-state index in [0.29, 0.717) is 31.4 Å². The van der Waals surface area contributed by atoms with Crippen molar-refractivity contribution in [3.05, 3.63) is 61.8 Å². The molecule has 0 saturated carbocycles. The van der Waals surface area contributed by atoms with Crippen molar-refractivity contribution < 1.29 is 9.13 Å². The lowest BCUT2D eigenvalue weighted by molar-refractivity contribution is 0.415. The van der Waals surface area contributed by atoms with Crippen molar-refractivity contribution in [3.63, 3.8) is 0 Å². The summed E-state index contributed by atoms with van der Waals surface area (Å²) in [5.74, 6) is 0.130. The Kier molecular flexibility index (Phi) is 5.19. The number of rotatable bonds is 3. The third kappa shape index (κ3) is 3.22. The summed E-state index contributed by atoms with van der Waals surface area (Å²) in [6, 6.07) is 7.55. The number of ether oxygens (including phenoxy) is 1. The zero-order valence-corrected chi connectivity index (χ0v) is 14.1. The van der Waals surface area contributed by atoms with Crippen molar-refractivity contribution in [2.45, 2.75) is 5.38 Å². The number of halogens is 5. The number of methoxy groups -OCH3 is 1. The summed E-state index contributed by atoms with van der Waals surface area (Å²) in [5, 5.41) is 0.291. The lowest BCUT2D eigenvalue weighted by atomic mass is 10.0. The van der Waals surface area contributed by atoms with E-state index in [-0.39, 0.29) is 5.82 Å². The molecule has 2 aromatic carbocycles. The summed E-state index contributed by atoms with van der Waals surface area (Å²) in [4.78, 5) is 0. The molecule has 0 bridgehead atoms. The maximum absolute atomic E-state index is 13.1. The van der Waals surface area contributed by atoms with E-state index >= 15 is 0 Å². The molecule has 2 aromatic rings. The third-order valence-corrected chi connectivity index (χ3v) is 4.56. The fourth-order valence-electron chi connectivity index (χ4n) is 1.77. The molecule has 0 aliphatic carbocycles. The Bertz CT molecular complexity index is 649. The fraction of sp³-hybridized carbons (Fsp3) is 0.143. The molecule has 1 nitrogen and oxygen atoms in total. The molecular formula is C14H9BrCl3FO. The fourth-order valence-corrected chi connectivity index (χ4v) is 3.42. The second-order valence-corrected chi connectivity index (χ2v) is 6.14. The molecule has 0 amide bonds. The Morgan fingerprint density at radius 3 is 2.40 bits per heavy atom. The van der Waals surface area contributed by atoms with Crippen LogP contribution in [0.15, 0.2) is 34.8 Å². The Morgan fingerprint density at radius 1 is 1.10 bits per heavy atom. The first-order valence-electron chi connectivity index (χ1n) is 5.56. The minimum Gasteiger partial charge on any atom is -0.495 e. The van der Waals surface area contributed by atoms with E-state index in [2.05, 4.69) is 15.9 Å². The maximum atomic E-state index is 13.1. The van der Waals surface area contributed by atoms with Crippen LogP contribution >= 0.6 is 50.7 Å². The second-order valence-electron chi connectivity index (χ2n) is 4.04. The summed E-state index contributed by atoms with van der Waals surface area (Å²) in [6.07, 6.45) is 0. The smallest absolute Gasteiger partial charge is 0.138 e. The molecule has 1 atom stereocenters. The monoisotopic (exact) mass is 396 g/mol. The van der Waals surface area contributed by atoms with Gasteiger partial charge in [-0.15, -0.1) is 11.6 Å². The quantitative estimate of drug-likeness (QED) is 0.557. The van der Waals surface area contributed by atoms with Gasteiger partial charge in [-0.1, -0.05) is 45.2 Å². The predicted molar refractivity (Wildman–Crippen MR) is 84.8 cm³/mol. The number of benzene rings is 2. The SMILES string of the molecule is COc1cc(Cl)c(C(Cl)c2ccc(F)cc2Br)cc1Cl. The van der Waals surface area contributed by atoms with E-state index in [0.717, 1.165) is 0 Å². The van der Waals surface area contributed by atoms with E-state index in [9.17, 15) is 4.39 Å². The molecule has 0 saturated heterocycles. The van der Waals surface area contributed by atoms with Gasteiger partial charge in [-0.05, 0) is 29.3 Å². The summed E-state index contributed by atoms with van der Waals surface area (Å²) < 4.78 is 18.8. The summed E-state index contributed by atoms with van der Waals surface area (Å²) >= 11 is 22.0. The highest BCUT2D eigenvalue weighted by Gasteiger charge is 2.19. The van der Waals surface area contributed by atoms with Gasteiger partial charge < -0.3 is 4.74 Å². The molecule has 20 heavy (non-hydrogen) atoms. The van der Waals surface area contributed by atoms with E-state index < -0.39 is 5.38 Å². The normalized spacial score (nSPS) is 12.3. The van der Waals surface area contributed by atoms with E-state index in [1.807, 2.05) is 0 Å². The van der Waals surface area contributed by atoms with Crippen molar-refractivity contribution in [2.75, 3.05) is 7.11 Å². The van der Waals surface area contributed by atoms with Crippen LogP contribution in [0.5, 0.6) is 5.75 Å². The van der Waals surface area contributed by atoms with Crippen LogP contribution in [0.4, 0.5) is 4.39 Å². The Morgan fingerprint density at radius 2 is 1.80 bits per heavy atom. The molecule has 0 aliphatic rings. The van der Waals surface area contributed by atoms with E-state index in [1.165, 1.54) is 19.2 Å². The van der Waals surface area contributed by atoms with Crippen LogP contribution in [0.1, 0.15) is 16.5 Å². The molecule has 0 aliphatic heterocycles. The molecule has 0 N–H and O–H groups in total. The average Bonchev–Trinajstić information content (AvgIpc) is 2.40. The lowest BCUT2D eigenvalue weighted by Crippen LogP contribution is -1.97. The lowest BCUT2D eigenvalue weighted by Gasteiger charge is -2.15. The summed E-state index contributed by atoms with van der Waals surface area (Å²) in [7, 11) is 1.51. The highest BCUT2D eigenvalue weighted by molar-refractivity contribution is 9.10. The van der Waals surface area contributed by atoms with Gasteiger partial charge in [-0.3, -0.25) is 0 Å². The Balaban J connectivity index is 2.48. The van der Waals surface area contributed by atoms with Gasteiger partial charge in [0, 0.05) is 15.6 Å². The number of hydrogen-bond acceptors (Lipinski definition) is 1. The van der Waals surface area contributed by atoms with Crippen molar-refractivity contribution in [3.8, 4) is 5.75 Å². The Labute approximate surface area is 139 Å². The summed E-state index contributed by atoms with van der Waals surface area (Å²) in [5.41, 5.74) is 1.34. The number of hydrogen-bond donors (Lipinski definition) is 0. The van der Waals surface area contributed by atoms with Crippen molar-refractivity contribution in [1.82, 2.24) is 0 Å². The van der Waals surface area contributed by atoms with E-state index in [4.69, 9.17) is 39.5 Å². The van der Waals surface area contributed by atoms with Crippen LogP contribution in [0, 0.1) is 5.82 Å². The summed E-state index contributed by atoms with van der Waals surface area (Å²) in [6.45, 7) is 0. The van der Waals surface area contributed by atoms with Gasteiger partial charge in [0.15, 0.2) is 0 Å². The van der Waals surface area contributed by atoms with Crippen LogP contribution in [0.3, 0.4) is 0 Å². The molecule has 2 rings (SSSR count). The van der Waals surface area contributed by atoms with Gasteiger partial charge in [0.1, 0.15) is 11.6 Å². The molecule has 106 valence electrons. The Hall–Kier alpha value is -0.480. The molecule has 0 spiro atoms. The largest absolute Gasteiger partial charge is 0.495 e. The first-order valence-corrected chi connectivity index (χ1v) is 7.54. The molecule has 1 unspecified atom stereocenters. The average molecular weight is 398 g/mol. The first-order chi connectivity index (χ1) is 9.43.